The number of rotatable bonds is 6. The van der Waals surface area contributed by atoms with E-state index >= 15 is 0 Å². The van der Waals surface area contributed by atoms with Crippen molar-refractivity contribution >= 4 is 11.8 Å². The predicted molar refractivity (Wildman–Crippen MR) is 92.1 cm³/mol. The summed E-state index contributed by atoms with van der Waals surface area (Å²) in [6.07, 6.45) is -1.24. The van der Waals surface area contributed by atoms with Crippen LogP contribution in [0.3, 0.4) is 0 Å². The zero-order chi connectivity index (χ0) is 20.1. The normalized spacial score (nSPS) is 17.6. The molecule has 0 bridgehead atoms. The molecule has 1 aliphatic heterocycles. The first kappa shape index (κ1) is 20.0. The lowest BCUT2D eigenvalue weighted by molar-refractivity contribution is -0.150. The first-order valence-electron chi connectivity index (χ1n) is 9.09. The van der Waals surface area contributed by atoms with Crippen molar-refractivity contribution in [3.05, 3.63) is 29.7 Å². The minimum atomic E-state index is -4.51. The summed E-state index contributed by atoms with van der Waals surface area (Å²) in [5.41, 5.74) is -0.803. The van der Waals surface area contributed by atoms with Crippen molar-refractivity contribution < 1.29 is 22.7 Å². The maximum Gasteiger partial charge on any atom is 0.419 e. The fraction of sp³-hybridized carbons (Fsp3) is 0.588. The van der Waals surface area contributed by atoms with Gasteiger partial charge in [-0.2, -0.15) is 13.2 Å². The molecule has 0 amide bonds. The average molecular weight is 398 g/mol. The quantitative estimate of drug-likeness (QED) is 0.691. The van der Waals surface area contributed by atoms with Crippen molar-refractivity contribution in [2.24, 2.45) is 5.92 Å². The Bertz CT molecular complexity index is 810. The Balaban J connectivity index is 1.65. The number of aromatic nitrogens is 5. The van der Waals surface area contributed by atoms with Gasteiger partial charge in [-0.3, -0.25) is 4.79 Å². The molecule has 28 heavy (non-hydrogen) atoms. The average Bonchev–Trinajstić information content (AvgIpc) is 3.13. The molecule has 3 heterocycles. The standard InChI is InChI=1S/C17H21F3N6O2/c1-2-8-26-14(22-23-24-26)11-28-16(27)12-5-4-9-25(10-12)15-13(17(18,19)20)6-3-7-21-15/h3,6-7,12H,2,4-5,8-11H2,1H3. The van der Waals surface area contributed by atoms with Crippen LogP contribution in [0.2, 0.25) is 0 Å². The van der Waals surface area contributed by atoms with Gasteiger partial charge in [-0.25, -0.2) is 9.67 Å². The van der Waals surface area contributed by atoms with Gasteiger partial charge in [0.15, 0.2) is 12.4 Å². The first-order valence-corrected chi connectivity index (χ1v) is 9.09. The summed E-state index contributed by atoms with van der Waals surface area (Å²) in [5.74, 6) is -0.723. The van der Waals surface area contributed by atoms with Crippen molar-refractivity contribution in [2.75, 3.05) is 18.0 Å². The Kier molecular flexibility index (Phi) is 6.10. The molecule has 1 atom stereocenters. The van der Waals surface area contributed by atoms with Gasteiger partial charge in [-0.15, -0.1) is 5.10 Å². The van der Waals surface area contributed by atoms with Crippen LogP contribution in [-0.2, 0) is 28.9 Å². The zero-order valence-corrected chi connectivity index (χ0v) is 15.4. The molecule has 0 saturated carbocycles. The number of alkyl halides is 3. The Morgan fingerprint density at radius 1 is 1.39 bits per heavy atom. The number of carbonyl (C=O) groups is 1. The Morgan fingerprint density at radius 2 is 2.21 bits per heavy atom. The van der Waals surface area contributed by atoms with Gasteiger partial charge in [0.2, 0.25) is 0 Å². The molecular formula is C17H21F3N6O2. The van der Waals surface area contributed by atoms with Crippen LogP contribution < -0.4 is 4.90 Å². The van der Waals surface area contributed by atoms with Crippen LogP contribution in [0.1, 0.15) is 37.6 Å². The van der Waals surface area contributed by atoms with E-state index in [-0.39, 0.29) is 19.0 Å². The van der Waals surface area contributed by atoms with E-state index in [0.29, 0.717) is 31.8 Å². The highest BCUT2D eigenvalue weighted by Gasteiger charge is 2.37. The highest BCUT2D eigenvalue weighted by atomic mass is 19.4. The molecule has 0 aliphatic carbocycles. The number of esters is 1. The van der Waals surface area contributed by atoms with E-state index < -0.39 is 23.6 Å². The number of pyridine rings is 1. The molecule has 1 saturated heterocycles. The van der Waals surface area contributed by atoms with Crippen LogP contribution in [0.5, 0.6) is 0 Å². The summed E-state index contributed by atoms with van der Waals surface area (Å²) in [5, 5.41) is 11.2. The van der Waals surface area contributed by atoms with Crippen molar-refractivity contribution in [3.63, 3.8) is 0 Å². The van der Waals surface area contributed by atoms with Crippen molar-refractivity contribution in [1.29, 1.82) is 0 Å². The topological polar surface area (TPSA) is 86.0 Å². The van der Waals surface area contributed by atoms with Gasteiger partial charge in [0.25, 0.3) is 0 Å². The molecular weight excluding hydrogens is 377 g/mol. The number of carbonyl (C=O) groups excluding carboxylic acids is 1. The number of piperidine rings is 1. The van der Waals surface area contributed by atoms with Gasteiger partial charge >= 0.3 is 12.1 Å². The van der Waals surface area contributed by atoms with Gasteiger partial charge < -0.3 is 9.64 Å². The van der Waals surface area contributed by atoms with E-state index in [1.54, 1.807) is 4.68 Å². The molecule has 0 radical (unpaired) electrons. The summed E-state index contributed by atoms with van der Waals surface area (Å²) < 4.78 is 46.7. The summed E-state index contributed by atoms with van der Waals surface area (Å²) in [7, 11) is 0. The van der Waals surface area contributed by atoms with Gasteiger partial charge in [0.1, 0.15) is 5.82 Å². The minimum absolute atomic E-state index is 0.0697. The molecule has 2 aromatic rings. The van der Waals surface area contributed by atoms with Gasteiger partial charge in [0.05, 0.1) is 11.5 Å². The first-order chi connectivity index (χ1) is 13.4. The largest absolute Gasteiger partial charge is 0.457 e. The third kappa shape index (κ3) is 4.57. The molecule has 3 rings (SSSR count). The SMILES string of the molecule is CCCn1nnnc1COC(=O)C1CCCN(c2ncccc2C(F)(F)F)C1. The number of tetrazole rings is 1. The number of hydrogen-bond acceptors (Lipinski definition) is 7. The zero-order valence-electron chi connectivity index (χ0n) is 15.4. The highest BCUT2D eigenvalue weighted by molar-refractivity contribution is 5.73. The van der Waals surface area contributed by atoms with Gasteiger partial charge in [-0.1, -0.05) is 6.92 Å². The third-order valence-electron chi connectivity index (χ3n) is 4.53. The minimum Gasteiger partial charge on any atom is -0.457 e. The van der Waals surface area contributed by atoms with Crippen LogP contribution in [0.15, 0.2) is 18.3 Å². The second kappa shape index (κ2) is 8.53. The molecule has 8 nitrogen and oxygen atoms in total. The molecule has 1 fully saturated rings. The number of halogens is 3. The summed E-state index contributed by atoms with van der Waals surface area (Å²) in [6.45, 7) is 3.04. The molecule has 1 aliphatic rings. The summed E-state index contributed by atoms with van der Waals surface area (Å²) in [4.78, 5) is 17.9. The number of aryl methyl sites for hydroxylation is 1. The molecule has 152 valence electrons. The van der Waals surface area contributed by atoms with Crippen molar-refractivity contribution in [1.82, 2.24) is 25.2 Å². The van der Waals surface area contributed by atoms with Crippen LogP contribution in [0.4, 0.5) is 19.0 Å². The van der Waals surface area contributed by atoms with E-state index in [9.17, 15) is 18.0 Å². The van der Waals surface area contributed by atoms with E-state index in [1.807, 2.05) is 6.92 Å². The molecule has 2 aromatic heterocycles. The van der Waals surface area contributed by atoms with Crippen LogP contribution in [0.25, 0.3) is 0 Å². The number of anilines is 1. The number of hydrogen-bond donors (Lipinski definition) is 0. The van der Waals surface area contributed by atoms with Gasteiger partial charge in [0, 0.05) is 25.8 Å². The fourth-order valence-corrected chi connectivity index (χ4v) is 3.20. The van der Waals surface area contributed by atoms with Crippen LogP contribution in [-0.4, -0.2) is 44.3 Å². The Hall–Kier alpha value is -2.72. The molecule has 1 unspecified atom stereocenters. The van der Waals surface area contributed by atoms with Crippen LogP contribution >= 0.6 is 0 Å². The van der Waals surface area contributed by atoms with E-state index in [0.717, 1.165) is 12.5 Å². The molecule has 0 aromatic carbocycles. The fourth-order valence-electron chi connectivity index (χ4n) is 3.20. The maximum absolute atomic E-state index is 13.3. The van der Waals surface area contributed by atoms with Crippen molar-refractivity contribution in [2.45, 2.75) is 45.5 Å². The summed E-state index contributed by atoms with van der Waals surface area (Å²) in [6, 6.07) is 2.25. The van der Waals surface area contributed by atoms with E-state index in [2.05, 4.69) is 20.5 Å². The lowest BCUT2D eigenvalue weighted by Crippen LogP contribution is -2.40. The predicted octanol–water partition coefficient (Wildman–Crippen LogP) is 2.46. The summed E-state index contributed by atoms with van der Waals surface area (Å²) >= 11 is 0. The number of nitrogens with zero attached hydrogens (tertiary/aromatic N) is 6. The van der Waals surface area contributed by atoms with E-state index in [1.165, 1.54) is 17.2 Å². The highest BCUT2D eigenvalue weighted by Crippen LogP contribution is 2.36. The van der Waals surface area contributed by atoms with Crippen LogP contribution in [0, 0.1) is 5.92 Å². The second-order valence-corrected chi connectivity index (χ2v) is 6.58. The third-order valence-corrected chi connectivity index (χ3v) is 4.53. The molecule has 0 N–H and O–H groups in total. The molecule has 11 heteroatoms. The monoisotopic (exact) mass is 398 g/mol. The van der Waals surface area contributed by atoms with Gasteiger partial charge in [-0.05, 0) is 41.8 Å². The lowest BCUT2D eigenvalue weighted by atomic mass is 9.98. The maximum atomic E-state index is 13.3. The Labute approximate surface area is 159 Å². The number of ether oxygens (including phenoxy) is 1. The lowest BCUT2D eigenvalue weighted by Gasteiger charge is -2.33. The Morgan fingerprint density at radius 3 is 2.96 bits per heavy atom. The smallest absolute Gasteiger partial charge is 0.419 e. The second-order valence-electron chi connectivity index (χ2n) is 6.58. The van der Waals surface area contributed by atoms with Crippen molar-refractivity contribution in [3.8, 4) is 0 Å². The molecule has 0 spiro atoms. The van der Waals surface area contributed by atoms with E-state index in [4.69, 9.17) is 4.74 Å².